The number of Topliss-reactive ketones (excluding diaryl/α,β-unsaturated/α-hetero) is 1. The lowest BCUT2D eigenvalue weighted by molar-refractivity contribution is -0.0882. The van der Waals surface area contributed by atoms with E-state index in [2.05, 4.69) is 4.90 Å². The number of alkyl halides is 3. The van der Waals surface area contributed by atoms with Gasteiger partial charge in [0.2, 0.25) is 0 Å². The van der Waals surface area contributed by atoms with Crippen LogP contribution < -0.4 is 4.90 Å². The van der Waals surface area contributed by atoms with Crippen LogP contribution in [0.3, 0.4) is 0 Å². The van der Waals surface area contributed by atoms with Crippen LogP contribution in [0.2, 0.25) is 5.02 Å². The highest BCUT2D eigenvalue weighted by Gasteiger charge is 2.46. The van der Waals surface area contributed by atoms with Crippen molar-refractivity contribution in [3.05, 3.63) is 51.2 Å². The molecule has 2 atom stereocenters. The molecule has 1 aromatic heterocycles. The molecule has 2 aliphatic heterocycles. The number of rotatable bonds is 3. The molecule has 0 unspecified atom stereocenters. The van der Waals surface area contributed by atoms with Crippen LogP contribution >= 0.6 is 22.9 Å². The fourth-order valence-electron chi connectivity index (χ4n) is 3.74. The number of hydrogen-bond donors (Lipinski definition) is 0. The molecule has 4 rings (SSSR count). The van der Waals surface area contributed by atoms with E-state index >= 15 is 0 Å². The van der Waals surface area contributed by atoms with E-state index in [0.717, 1.165) is 18.2 Å². The van der Waals surface area contributed by atoms with Crippen LogP contribution in [0.5, 0.6) is 0 Å². The second-order valence-electron chi connectivity index (χ2n) is 6.62. The maximum Gasteiger partial charge on any atom is 0.455 e. The Hall–Kier alpha value is -2.06. The summed E-state index contributed by atoms with van der Waals surface area (Å²) in [7, 11) is 0. The normalized spacial score (nSPS) is 21.8. The van der Waals surface area contributed by atoms with E-state index in [1.54, 1.807) is 11.0 Å². The van der Waals surface area contributed by atoms with E-state index in [9.17, 15) is 22.8 Å². The summed E-state index contributed by atoms with van der Waals surface area (Å²) in [5, 5.41) is 0.642. The van der Waals surface area contributed by atoms with Gasteiger partial charge in [0.1, 0.15) is 0 Å². The van der Waals surface area contributed by atoms with E-state index in [0.29, 0.717) is 29.4 Å². The monoisotopic (exact) mass is 414 g/mol. The van der Waals surface area contributed by atoms with Crippen LogP contribution in [-0.4, -0.2) is 47.9 Å². The zero-order valence-corrected chi connectivity index (χ0v) is 15.4. The van der Waals surface area contributed by atoms with E-state index in [1.807, 2.05) is 18.2 Å². The van der Waals surface area contributed by atoms with Crippen LogP contribution in [0.4, 0.5) is 18.9 Å². The fraction of sp³-hybridized carbons (Fsp3) is 0.333. The Bertz CT molecular complexity index is 914. The Morgan fingerprint density at radius 2 is 1.81 bits per heavy atom. The van der Waals surface area contributed by atoms with Crippen molar-refractivity contribution in [1.82, 2.24) is 4.90 Å². The predicted molar refractivity (Wildman–Crippen MR) is 96.7 cm³/mol. The lowest BCUT2D eigenvalue weighted by Gasteiger charge is -2.35. The number of halogens is 4. The van der Waals surface area contributed by atoms with Gasteiger partial charge in [-0.2, -0.15) is 13.2 Å². The summed E-state index contributed by atoms with van der Waals surface area (Å²) in [5.41, 5.74) is 0.997. The van der Waals surface area contributed by atoms with Crippen molar-refractivity contribution < 1.29 is 22.8 Å². The summed E-state index contributed by atoms with van der Waals surface area (Å²) in [4.78, 5) is 27.6. The lowest BCUT2D eigenvalue weighted by atomic mass is 10.2. The molecule has 0 N–H and O–H groups in total. The molecule has 3 heterocycles. The first-order valence-electron chi connectivity index (χ1n) is 8.28. The van der Waals surface area contributed by atoms with Gasteiger partial charge in [-0.1, -0.05) is 17.7 Å². The summed E-state index contributed by atoms with van der Waals surface area (Å²) >= 11 is 6.64. The van der Waals surface area contributed by atoms with Gasteiger partial charge in [-0.3, -0.25) is 9.59 Å². The first-order chi connectivity index (χ1) is 12.7. The standard InChI is InChI=1S/C18H14ClF3N2O2S/c19-10-2-1-3-11(6-10)23-8-13-7-12(23)9-24(13)17(26)15-5-4-14(27-15)16(25)18(20,21)22/h1-6,12-13H,7-9H2/t12-,13-/m0/s1. The Kier molecular flexibility index (Phi) is 4.43. The van der Waals surface area contributed by atoms with Crippen molar-refractivity contribution in [2.45, 2.75) is 24.7 Å². The number of carbonyl (C=O) groups is 2. The van der Waals surface area contributed by atoms with Crippen LogP contribution in [-0.2, 0) is 0 Å². The number of ketones is 1. The molecule has 4 nitrogen and oxygen atoms in total. The smallest absolute Gasteiger partial charge is 0.365 e. The van der Waals surface area contributed by atoms with Crippen molar-refractivity contribution in [2.75, 3.05) is 18.0 Å². The number of anilines is 1. The molecular weight excluding hydrogens is 401 g/mol. The van der Waals surface area contributed by atoms with Gasteiger partial charge in [0.15, 0.2) is 0 Å². The lowest BCUT2D eigenvalue weighted by Crippen LogP contribution is -2.48. The molecule has 0 spiro atoms. The van der Waals surface area contributed by atoms with Crippen molar-refractivity contribution >= 4 is 40.3 Å². The number of piperazine rings is 1. The maximum absolute atomic E-state index is 12.7. The van der Waals surface area contributed by atoms with Gasteiger partial charge in [0, 0.05) is 29.8 Å². The van der Waals surface area contributed by atoms with E-state index in [4.69, 9.17) is 11.6 Å². The summed E-state index contributed by atoms with van der Waals surface area (Å²) in [6, 6.07) is 10.0. The third-order valence-corrected chi connectivity index (χ3v) is 6.25. The minimum Gasteiger partial charge on any atom is -0.365 e. The van der Waals surface area contributed by atoms with E-state index in [-0.39, 0.29) is 22.9 Å². The van der Waals surface area contributed by atoms with Crippen LogP contribution in [0.15, 0.2) is 36.4 Å². The Morgan fingerprint density at radius 1 is 1.07 bits per heavy atom. The van der Waals surface area contributed by atoms with E-state index in [1.165, 1.54) is 6.07 Å². The molecule has 9 heteroatoms. The van der Waals surface area contributed by atoms with Crippen LogP contribution in [0.25, 0.3) is 0 Å². The number of fused-ring (bicyclic) bond motifs is 2. The molecule has 2 aliphatic rings. The van der Waals surface area contributed by atoms with Crippen molar-refractivity contribution in [1.29, 1.82) is 0 Å². The molecule has 2 fully saturated rings. The quantitative estimate of drug-likeness (QED) is 0.705. The second-order valence-corrected chi connectivity index (χ2v) is 8.14. The zero-order valence-electron chi connectivity index (χ0n) is 13.9. The summed E-state index contributed by atoms with van der Waals surface area (Å²) in [5.74, 6) is -2.24. The number of thiophene rings is 1. The average molecular weight is 415 g/mol. The van der Waals surface area contributed by atoms with Gasteiger partial charge < -0.3 is 9.80 Å². The molecule has 1 aromatic carbocycles. The molecule has 2 aromatic rings. The number of amides is 1. The maximum atomic E-state index is 12.7. The van der Waals surface area contributed by atoms with Crippen LogP contribution in [0, 0.1) is 0 Å². The van der Waals surface area contributed by atoms with Gasteiger partial charge >= 0.3 is 6.18 Å². The summed E-state index contributed by atoms with van der Waals surface area (Å²) < 4.78 is 37.6. The third-order valence-electron chi connectivity index (χ3n) is 4.94. The van der Waals surface area contributed by atoms with Crippen molar-refractivity contribution in [2.24, 2.45) is 0 Å². The first-order valence-corrected chi connectivity index (χ1v) is 9.48. The van der Waals surface area contributed by atoms with Gasteiger partial charge in [-0.25, -0.2) is 0 Å². The number of hydrogen-bond acceptors (Lipinski definition) is 4. The molecule has 27 heavy (non-hydrogen) atoms. The average Bonchev–Trinajstić information content (AvgIpc) is 3.34. The molecule has 0 aliphatic carbocycles. The second kappa shape index (κ2) is 6.53. The van der Waals surface area contributed by atoms with Crippen molar-refractivity contribution in [3.8, 4) is 0 Å². The number of nitrogens with zero attached hydrogens (tertiary/aromatic N) is 2. The SMILES string of the molecule is O=C(c1ccc(C(=O)C(F)(F)F)s1)N1C[C@@H]2C[C@H]1CN2c1cccc(Cl)c1. The minimum absolute atomic E-state index is 0.00894. The zero-order chi connectivity index (χ0) is 19.3. The molecular formula is C18H14ClF3N2O2S. The number of likely N-dealkylation sites (tertiary alicyclic amines) is 1. The summed E-state index contributed by atoms with van der Waals surface area (Å²) in [6.45, 7) is 1.15. The highest BCUT2D eigenvalue weighted by Crippen LogP contribution is 2.37. The molecule has 0 saturated carbocycles. The Morgan fingerprint density at radius 3 is 2.44 bits per heavy atom. The minimum atomic E-state index is -4.94. The Balaban J connectivity index is 1.47. The van der Waals surface area contributed by atoms with Gasteiger partial charge in [0.25, 0.3) is 11.7 Å². The highest BCUT2D eigenvalue weighted by atomic mass is 35.5. The highest BCUT2D eigenvalue weighted by molar-refractivity contribution is 7.16. The third kappa shape index (κ3) is 3.32. The van der Waals surface area contributed by atoms with Crippen LogP contribution in [0.1, 0.15) is 25.8 Å². The largest absolute Gasteiger partial charge is 0.455 e. The molecule has 0 radical (unpaired) electrons. The van der Waals surface area contributed by atoms with Gasteiger partial charge in [-0.05, 0) is 36.8 Å². The van der Waals surface area contributed by atoms with E-state index < -0.39 is 16.8 Å². The number of benzene rings is 1. The van der Waals surface area contributed by atoms with Gasteiger partial charge in [-0.15, -0.1) is 11.3 Å². The first kappa shape index (κ1) is 18.3. The molecule has 2 saturated heterocycles. The Labute approximate surface area is 162 Å². The molecule has 2 bridgehead atoms. The van der Waals surface area contributed by atoms with Crippen molar-refractivity contribution in [3.63, 3.8) is 0 Å². The number of carbonyl (C=O) groups excluding carboxylic acids is 2. The fourth-order valence-corrected chi connectivity index (χ4v) is 4.85. The topological polar surface area (TPSA) is 40.6 Å². The summed E-state index contributed by atoms with van der Waals surface area (Å²) in [6.07, 6.45) is -4.13. The van der Waals surface area contributed by atoms with Gasteiger partial charge in [0.05, 0.1) is 15.8 Å². The molecule has 1 amide bonds. The molecule has 142 valence electrons. The predicted octanol–water partition coefficient (Wildman–Crippen LogP) is 4.25.